The Labute approximate surface area is 53.3 Å². The molecule has 0 unspecified atom stereocenters. The number of aryl methyl sites for hydroxylation is 1. The third-order valence-corrected chi connectivity index (χ3v) is 1.01. The fraction of sp³-hybridized carbons (Fsp3) is 0.333. The Balaban J connectivity index is 2.94. The summed E-state index contributed by atoms with van der Waals surface area (Å²) in [7, 11) is 0. The summed E-state index contributed by atoms with van der Waals surface area (Å²) in [6.45, 7) is 3.78. The summed E-state index contributed by atoms with van der Waals surface area (Å²) < 4.78 is 4.45. The van der Waals surface area contributed by atoms with E-state index in [1.807, 2.05) is 26.0 Å². The van der Waals surface area contributed by atoms with Crippen LogP contribution in [-0.2, 0) is 0 Å². The average Bonchev–Trinajstić information content (AvgIpc) is 2.18. The minimum Gasteiger partial charge on any atom is -0.244 e. The first-order chi connectivity index (χ1) is 4.34. The predicted molar refractivity (Wildman–Crippen MR) is 33.7 cm³/mol. The molecule has 0 saturated heterocycles. The monoisotopic (exact) mass is 124 g/mol. The van der Waals surface area contributed by atoms with Crippen molar-refractivity contribution >= 4 is 6.08 Å². The molecule has 0 saturated carbocycles. The summed E-state index contributed by atoms with van der Waals surface area (Å²) in [5.41, 5.74) is 1.63. The minimum absolute atomic E-state index is 0.803. The first-order valence-electron chi connectivity index (χ1n) is 2.76. The topological polar surface area (TPSA) is 38.9 Å². The van der Waals surface area contributed by atoms with Crippen LogP contribution in [0.1, 0.15) is 18.3 Å². The van der Waals surface area contributed by atoms with Crippen molar-refractivity contribution in [3.05, 3.63) is 17.5 Å². The molecule has 0 N–H and O–H groups in total. The van der Waals surface area contributed by atoms with Crippen molar-refractivity contribution in [3.8, 4) is 0 Å². The molecule has 1 aromatic heterocycles. The molecule has 0 atom stereocenters. The molecule has 0 amide bonds. The van der Waals surface area contributed by atoms with Crippen LogP contribution in [-0.4, -0.2) is 10.3 Å². The van der Waals surface area contributed by atoms with Crippen molar-refractivity contribution < 1.29 is 4.63 Å². The highest BCUT2D eigenvalue weighted by atomic mass is 16.6. The van der Waals surface area contributed by atoms with Crippen LogP contribution in [0.4, 0.5) is 0 Å². The second-order valence-electron chi connectivity index (χ2n) is 1.73. The van der Waals surface area contributed by atoms with Gasteiger partial charge in [0.05, 0.1) is 0 Å². The zero-order valence-corrected chi connectivity index (χ0v) is 5.46. The standard InChI is InChI=1S/C6H8N2O/c1-3-4-6-5(2)7-9-8-6/h3-4H,1-2H3/b4-3-. The number of hydrogen-bond acceptors (Lipinski definition) is 3. The maximum Gasteiger partial charge on any atom is 0.130 e. The lowest BCUT2D eigenvalue weighted by molar-refractivity contribution is 0.304. The second kappa shape index (κ2) is 2.44. The maximum absolute atomic E-state index is 4.45. The van der Waals surface area contributed by atoms with Gasteiger partial charge in [-0.2, -0.15) is 0 Å². The first-order valence-corrected chi connectivity index (χ1v) is 2.76. The molecule has 0 aliphatic rings. The Morgan fingerprint density at radius 2 is 2.22 bits per heavy atom. The molecule has 0 bridgehead atoms. The number of aromatic nitrogens is 2. The predicted octanol–water partition coefficient (Wildman–Crippen LogP) is 1.41. The molecular formula is C6H8N2O. The molecule has 3 heteroatoms. The normalized spacial score (nSPS) is 10.9. The lowest BCUT2D eigenvalue weighted by Gasteiger charge is -1.77. The first kappa shape index (κ1) is 6.01. The molecule has 48 valence electrons. The van der Waals surface area contributed by atoms with Gasteiger partial charge in [-0.25, -0.2) is 4.63 Å². The summed E-state index contributed by atoms with van der Waals surface area (Å²) in [6.07, 6.45) is 3.75. The van der Waals surface area contributed by atoms with Crippen molar-refractivity contribution in [2.45, 2.75) is 13.8 Å². The highest BCUT2D eigenvalue weighted by Gasteiger charge is 1.97. The maximum atomic E-state index is 4.45. The van der Waals surface area contributed by atoms with Crippen LogP contribution in [0.25, 0.3) is 6.08 Å². The van der Waals surface area contributed by atoms with E-state index < -0.39 is 0 Å². The second-order valence-corrected chi connectivity index (χ2v) is 1.73. The van der Waals surface area contributed by atoms with E-state index in [2.05, 4.69) is 14.9 Å². The summed E-state index contributed by atoms with van der Waals surface area (Å²) in [6, 6.07) is 0. The Morgan fingerprint density at radius 3 is 2.67 bits per heavy atom. The average molecular weight is 124 g/mol. The Morgan fingerprint density at radius 1 is 1.44 bits per heavy atom. The molecule has 1 aromatic rings. The van der Waals surface area contributed by atoms with Crippen molar-refractivity contribution in [2.75, 3.05) is 0 Å². The molecule has 1 rings (SSSR count). The molecule has 0 fully saturated rings. The summed E-state index contributed by atoms with van der Waals surface area (Å²) in [5.74, 6) is 0. The zero-order chi connectivity index (χ0) is 6.69. The van der Waals surface area contributed by atoms with Gasteiger partial charge in [-0.05, 0) is 19.9 Å². The fourth-order valence-electron chi connectivity index (χ4n) is 0.547. The largest absolute Gasteiger partial charge is 0.244 e. The highest BCUT2D eigenvalue weighted by molar-refractivity contribution is 5.44. The van der Waals surface area contributed by atoms with Crippen LogP contribution in [0.15, 0.2) is 10.7 Å². The van der Waals surface area contributed by atoms with Gasteiger partial charge in [0.25, 0.3) is 0 Å². The van der Waals surface area contributed by atoms with Crippen molar-refractivity contribution in [1.82, 2.24) is 10.3 Å². The van der Waals surface area contributed by atoms with Crippen molar-refractivity contribution in [2.24, 2.45) is 0 Å². The van der Waals surface area contributed by atoms with E-state index in [0.29, 0.717) is 0 Å². The lowest BCUT2D eigenvalue weighted by Crippen LogP contribution is -1.73. The molecule has 0 aliphatic heterocycles. The Kier molecular flexibility index (Phi) is 1.63. The molecule has 1 heterocycles. The quantitative estimate of drug-likeness (QED) is 0.568. The highest BCUT2D eigenvalue weighted by Crippen LogP contribution is 2.01. The van der Waals surface area contributed by atoms with Crippen LogP contribution >= 0.6 is 0 Å². The third-order valence-electron chi connectivity index (χ3n) is 1.01. The number of rotatable bonds is 1. The molecule has 9 heavy (non-hydrogen) atoms. The fourth-order valence-corrected chi connectivity index (χ4v) is 0.547. The summed E-state index contributed by atoms with van der Waals surface area (Å²) in [4.78, 5) is 0. The van der Waals surface area contributed by atoms with Gasteiger partial charge in [0.1, 0.15) is 11.4 Å². The lowest BCUT2D eigenvalue weighted by atomic mass is 10.3. The zero-order valence-electron chi connectivity index (χ0n) is 5.46. The minimum atomic E-state index is 0.803. The van der Waals surface area contributed by atoms with Crippen LogP contribution in [0.2, 0.25) is 0 Å². The molecule has 0 aromatic carbocycles. The van der Waals surface area contributed by atoms with E-state index in [-0.39, 0.29) is 0 Å². The van der Waals surface area contributed by atoms with Gasteiger partial charge >= 0.3 is 0 Å². The summed E-state index contributed by atoms with van der Waals surface area (Å²) in [5, 5.41) is 7.23. The number of allylic oxidation sites excluding steroid dienone is 1. The summed E-state index contributed by atoms with van der Waals surface area (Å²) >= 11 is 0. The number of hydrogen-bond donors (Lipinski definition) is 0. The van der Waals surface area contributed by atoms with Gasteiger partial charge in [0.2, 0.25) is 0 Å². The van der Waals surface area contributed by atoms with Gasteiger partial charge in [-0.1, -0.05) is 16.4 Å². The van der Waals surface area contributed by atoms with Crippen LogP contribution in [0.3, 0.4) is 0 Å². The van der Waals surface area contributed by atoms with E-state index in [9.17, 15) is 0 Å². The van der Waals surface area contributed by atoms with Crippen LogP contribution in [0, 0.1) is 6.92 Å². The molecular weight excluding hydrogens is 116 g/mol. The van der Waals surface area contributed by atoms with Crippen LogP contribution in [0.5, 0.6) is 0 Å². The smallest absolute Gasteiger partial charge is 0.130 e. The van der Waals surface area contributed by atoms with Gasteiger partial charge in [-0.15, -0.1) is 0 Å². The SMILES string of the molecule is C/C=C\c1nonc1C. The molecule has 3 nitrogen and oxygen atoms in total. The van der Waals surface area contributed by atoms with E-state index >= 15 is 0 Å². The van der Waals surface area contributed by atoms with Gasteiger partial charge in [0.15, 0.2) is 0 Å². The van der Waals surface area contributed by atoms with Crippen molar-refractivity contribution in [3.63, 3.8) is 0 Å². The van der Waals surface area contributed by atoms with Gasteiger partial charge in [0, 0.05) is 0 Å². The molecule has 0 aliphatic carbocycles. The van der Waals surface area contributed by atoms with E-state index in [1.165, 1.54) is 0 Å². The molecule has 0 spiro atoms. The van der Waals surface area contributed by atoms with Gasteiger partial charge < -0.3 is 0 Å². The van der Waals surface area contributed by atoms with E-state index in [0.717, 1.165) is 11.4 Å². The number of nitrogens with zero attached hydrogens (tertiary/aromatic N) is 2. The Bertz CT molecular complexity index is 215. The third kappa shape index (κ3) is 1.16. The van der Waals surface area contributed by atoms with Gasteiger partial charge in [-0.3, -0.25) is 0 Å². The van der Waals surface area contributed by atoms with E-state index in [1.54, 1.807) is 0 Å². The van der Waals surface area contributed by atoms with Crippen molar-refractivity contribution in [1.29, 1.82) is 0 Å². The van der Waals surface area contributed by atoms with Crippen LogP contribution < -0.4 is 0 Å². The molecule has 0 radical (unpaired) electrons. The Hall–Kier alpha value is -1.12. The van der Waals surface area contributed by atoms with E-state index in [4.69, 9.17) is 0 Å².